The van der Waals surface area contributed by atoms with Crippen LogP contribution in [0, 0.1) is 0 Å². The molecule has 0 aliphatic carbocycles. The van der Waals surface area contributed by atoms with Crippen molar-refractivity contribution in [2.24, 2.45) is 0 Å². The largest absolute Gasteiger partial charge is 0.368 e. The Hall–Kier alpha value is -2.64. The molecule has 0 atom stereocenters. The Morgan fingerprint density at radius 1 is 0.769 bits per heavy atom. The van der Waals surface area contributed by atoms with Crippen molar-refractivity contribution in [1.29, 1.82) is 0 Å². The van der Waals surface area contributed by atoms with Gasteiger partial charge in [0.2, 0.25) is 5.91 Å². The molecule has 3 rings (SSSR count). The predicted molar refractivity (Wildman–Crippen MR) is 163 cm³/mol. The first kappa shape index (κ1) is 30.9. The number of carbonyl (C=O) groups excluding carboxylic acids is 1. The van der Waals surface area contributed by atoms with Gasteiger partial charge in [-0.2, -0.15) is 8.42 Å². The Morgan fingerprint density at radius 3 is 1.92 bits per heavy atom. The lowest BCUT2D eigenvalue weighted by Crippen LogP contribution is -2.48. The summed E-state index contributed by atoms with van der Waals surface area (Å²) in [6, 6.07) is 16.8. The Kier molecular flexibility index (Phi) is 13.0. The Balaban J connectivity index is 1.36. The van der Waals surface area contributed by atoms with Crippen molar-refractivity contribution in [3.63, 3.8) is 0 Å². The molecule has 0 spiro atoms. The summed E-state index contributed by atoms with van der Waals surface area (Å²) >= 11 is 0. The van der Waals surface area contributed by atoms with Crippen molar-refractivity contribution in [2.75, 3.05) is 36.8 Å². The standard InChI is InChI=1S/C32H46N2O4S/c1-2-3-4-5-6-7-8-12-32(35)34-25-23-33(24-26-34)31-21-19-30(20-22-31)18-17-29-15-13-28(14-16-29)11-9-10-27-39(36,37)38/h13-22H,2-12,23-27H2,1H3,(H,36,37,38)/b18-17+. The first-order chi connectivity index (χ1) is 18.8. The van der Waals surface area contributed by atoms with Gasteiger partial charge < -0.3 is 9.80 Å². The molecule has 39 heavy (non-hydrogen) atoms. The SMILES string of the molecule is CCCCCCCCCC(=O)N1CCN(c2ccc(/C=C/c3ccc(CCCCS(=O)(=O)O)cc3)cc2)CC1. The van der Waals surface area contributed by atoms with E-state index in [-0.39, 0.29) is 5.75 Å². The molecule has 1 amide bonds. The number of benzene rings is 2. The minimum absolute atomic E-state index is 0.179. The van der Waals surface area contributed by atoms with Crippen LogP contribution in [0.3, 0.4) is 0 Å². The van der Waals surface area contributed by atoms with Gasteiger partial charge in [0.15, 0.2) is 0 Å². The second-order valence-electron chi connectivity index (χ2n) is 10.6. The van der Waals surface area contributed by atoms with Gasteiger partial charge in [0.1, 0.15) is 0 Å². The molecule has 214 valence electrons. The number of aryl methyl sites for hydroxylation is 1. The Morgan fingerprint density at radius 2 is 1.33 bits per heavy atom. The molecule has 1 fully saturated rings. The number of anilines is 1. The molecule has 2 aromatic rings. The molecular formula is C32H46N2O4S. The van der Waals surface area contributed by atoms with E-state index >= 15 is 0 Å². The van der Waals surface area contributed by atoms with E-state index in [1.165, 1.54) is 44.2 Å². The molecule has 1 heterocycles. The van der Waals surface area contributed by atoms with Gasteiger partial charge in [-0.3, -0.25) is 9.35 Å². The van der Waals surface area contributed by atoms with Crippen molar-refractivity contribution in [3.8, 4) is 0 Å². The average molecular weight is 555 g/mol. The molecule has 1 saturated heterocycles. The minimum Gasteiger partial charge on any atom is -0.368 e. The molecule has 0 bridgehead atoms. The monoisotopic (exact) mass is 554 g/mol. The van der Waals surface area contributed by atoms with Crippen LogP contribution in [0.2, 0.25) is 0 Å². The second kappa shape index (κ2) is 16.5. The molecule has 6 nitrogen and oxygen atoms in total. The van der Waals surface area contributed by atoms with Crippen LogP contribution in [0.4, 0.5) is 5.69 Å². The van der Waals surface area contributed by atoms with Gasteiger partial charge in [-0.25, -0.2) is 0 Å². The number of rotatable bonds is 16. The van der Waals surface area contributed by atoms with Gasteiger partial charge in [-0.05, 0) is 54.5 Å². The summed E-state index contributed by atoms with van der Waals surface area (Å²) in [5.74, 6) is 0.135. The number of piperazine rings is 1. The van der Waals surface area contributed by atoms with E-state index in [1.54, 1.807) is 0 Å². The van der Waals surface area contributed by atoms with Crippen LogP contribution in [0.25, 0.3) is 12.2 Å². The first-order valence-corrected chi connectivity index (χ1v) is 16.3. The third kappa shape index (κ3) is 12.0. The summed E-state index contributed by atoms with van der Waals surface area (Å²) in [5.41, 5.74) is 4.60. The average Bonchev–Trinajstić information content (AvgIpc) is 2.94. The first-order valence-electron chi connectivity index (χ1n) is 14.7. The minimum atomic E-state index is -3.87. The third-order valence-electron chi connectivity index (χ3n) is 7.45. The summed E-state index contributed by atoms with van der Waals surface area (Å²) < 4.78 is 30.4. The van der Waals surface area contributed by atoms with Gasteiger partial charge in [0.25, 0.3) is 10.1 Å². The third-order valence-corrected chi connectivity index (χ3v) is 8.26. The number of nitrogens with zero attached hydrogens (tertiary/aromatic N) is 2. The lowest BCUT2D eigenvalue weighted by Gasteiger charge is -2.36. The molecular weight excluding hydrogens is 508 g/mol. The molecule has 1 aliphatic rings. The number of unbranched alkanes of at least 4 members (excludes halogenated alkanes) is 7. The second-order valence-corrected chi connectivity index (χ2v) is 12.2. The van der Waals surface area contributed by atoms with E-state index < -0.39 is 10.1 Å². The molecule has 1 aliphatic heterocycles. The highest BCUT2D eigenvalue weighted by Gasteiger charge is 2.20. The Labute approximate surface area is 235 Å². The maximum atomic E-state index is 12.6. The number of hydrogen-bond donors (Lipinski definition) is 1. The molecule has 0 unspecified atom stereocenters. The summed E-state index contributed by atoms with van der Waals surface area (Å²) in [7, 11) is -3.87. The van der Waals surface area contributed by atoms with Crippen LogP contribution in [-0.2, 0) is 21.3 Å². The summed E-state index contributed by atoms with van der Waals surface area (Å²) in [5, 5.41) is 0. The fourth-order valence-electron chi connectivity index (χ4n) is 5.00. The quantitative estimate of drug-likeness (QED) is 0.139. The maximum Gasteiger partial charge on any atom is 0.264 e. The fraction of sp³-hybridized carbons (Fsp3) is 0.531. The van der Waals surface area contributed by atoms with Crippen LogP contribution in [0.5, 0.6) is 0 Å². The predicted octanol–water partition coefficient (Wildman–Crippen LogP) is 6.86. The van der Waals surface area contributed by atoms with Gasteiger partial charge in [0.05, 0.1) is 5.75 Å². The molecule has 0 aromatic heterocycles. The topological polar surface area (TPSA) is 77.9 Å². The maximum absolute atomic E-state index is 12.6. The highest BCUT2D eigenvalue weighted by Crippen LogP contribution is 2.20. The number of hydrogen-bond acceptors (Lipinski definition) is 4. The van der Waals surface area contributed by atoms with E-state index in [0.717, 1.165) is 62.1 Å². The smallest absolute Gasteiger partial charge is 0.264 e. The van der Waals surface area contributed by atoms with Gasteiger partial charge in [-0.1, -0.05) is 94.0 Å². The fourth-order valence-corrected chi connectivity index (χ4v) is 5.57. The summed E-state index contributed by atoms with van der Waals surface area (Å²) in [4.78, 5) is 17.0. The van der Waals surface area contributed by atoms with Crippen molar-refractivity contribution >= 4 is 33.9 Å². The van der Waals surface area contributed by atoms with Crippen LogP contribution >= 0.6 is 0 Å². The van der Waals surface area contributed by atoms with Crippen LogP contribution in [-0.4, -0.2) is 55.7 Å². The highest BCUT2D eigenvalue weighted by atomic mass is 32.2. The summed E-state index contributed by atoms with van der Waals surface area (Å²) in [6.45, 7) is 5.59. The molecule has 1 N–H and O–H groups in total. The van der Waals surface area contributed by atoms with E-state index in [4.69, 9.17) is 4.55 Å². The van der Waals surface area contributed by atoms with Gasteiger partial charge in [-0.15, -0.1) is 0 Å². The van der Waals surface area contributed by atoms with Crippen LogP contribution in [0.15, 0.2) is 48.5 Å². The lowest BCUT2D eigenvalue weighted by molar-refractivity contribution is -0.131. The van der Waals surface area contributed by atoms with Crippen LogP contribution < -0.4 is 4.90 Å². The zero-order chi connectivity index (χ0) is 27.9. The summed E-state index contributed by atoms with van der Waals surface area (Å²) in [6.07, 6.45) is 15.5. The van der Waals surface area contributed by atoms with Crippen molar-refractivity contribution in [3.05, 3.63) is 65.2 Å². The van der Waals surface area contributed by atoms with Gasteiger partial charge in [0, 0.05) is 38.3 Å². The van der Waals surface area contributed by atoms with E-state index in [9.17, 15) is 13.2 Å². The Bertz CT molecular complexity index is 1120. The van der Waals surface area contributed by atoms with Crippen LogP contribution in [0.1, 0.15) is 87.8 Å². The highest BCUT2D eigenvalue weighted by molar-refractivity contribution is 7.85. The van der Waals surface area contributed by atoms with E-state index in [1.807, 2.05) is 4.90 Å². The zero-order valence-corrected chi connectivity index (χ0v) is 24.4. The van der Waals surface area contributed by atoms with Crippen molar-refractivity contribution < 1.29 is 17.8 Å². The molecule has 0 saturated carbocycles. The van der Waals surface area contributed by atoms with Crippen molar-refractivity contribution in [2.45, 2.75) is 77.6 Å². The van der Waals surface area contributed by atoms with E-state index in [2.05, 4.69) is 72.5 Å². The normalized spacial score (nSPS) is 14.3. The lowest BCUT2D eigenvalue weighted by atomic mass is 10.1. The molecule has 0 radical (unpaired) electrons. The van der Waals surface area contributed by atoms with Crippen molar-refractivity contribution in [1.82, 2.24) is 4.90 Å². The van der Waals surface area contributed by atoms with E-state index in [0.29, 0.717) is 18.7 Å². The van der Waals surface area contributed by atoms with Gasteiger partial charge >= 0.3 is 0 Å². The zero-order valence-electron chi connectivity index (χ0n) is 23.6. The number of carbonyl (C=O) groups is 1. The number of amides is 1. The molecule has 7 heteroatoms. The molecule has 2 aromatic carbocycles.